The first kappa shape index (κ1) is 15.1. The highest BCUT2D eigenvalue weighted by molar-refractivity contribution is 7.19. The van der Waals surface area contributed by atoms with Crippen molar-refractivity contribution in [2.24, 2.45) is 5.73 Å². The molecule has 0 atom stereocenters. The van der Waals surface area contributed by atoms with E-state index < -0.39 is 5.91 Å². The quantitative estimate of drug-likeness (QED) is 0.803. The highest BCUT2D eigenvalue weighted by atomic mass is 32.1. The van der Waals surface area contributed by atoms with Gasteiger partial charge in [-0.25, -0.2) is 0 Å². The number of carbonyl (C=O) groups is 2. The number of benzene rings is 1. The molecule has 1 aromatic heterocycles. The van der Waals surface area contributed by atoms with Crippen LogP contribution in [-0.4, -0.2) is 25.0 Å². The zero-order chi connectivity index (χ0) is 15.2. The third kappa shape index (κ3) is 3.82. The van der Waals surface area contributed by atoms with E-state index in [0.717, 1.165) is 10.4 Å². The fourth-order valence-corrected chi connectivity index (χ4v) is 2.88. The zero-order valence-corrected chi connectivity index (χ0v) is 12.4. The average molecular weight is 304 g/mol. The number of primary amides is 1. The number of esters is 1. The van der Waals surface area contributed by atoms with E-state index in [1.165, 1.54) is 11.3 Å². The van der Waals surface area contributed by atoms with Crippen molar-refractivity contribution >= 4 is 28.2 Å². The van der Waals surface area contributed by atoms with Gasteiger partial charge in [0.15, 0.2) is 0 Å². The fraction of sp³-hybridized carbons (Fsp3) is 0.200. The van der Waals surface area contributed by atoms with Crippen molar-refractivity contribution in [3.8, 4) is 10.4 Å². The second kappa shape index (κ2) is 6.90. The van der Waals surface area contributed by atoms with Gasteiger partial charge in [0.1, 0.15) is 11.5 Å². The van der Waals surface area contributed by atoms with Gasteiger partial charge in [-0.1, -0.05) is 30.3 Å². The SMILES string of the molecule is CCOC(=O)CNc1sc(-c2ccccc2)cc1C(N)=O. The first-order chi connectivity index (χ1) is 10.1. The van der Waals surface area contributed by atoms with Crippen LogP contribution in [-0.2, 0) is 9.53 Å². The lowest BCUT2D eigenvalue weighted by Gasteiger charge is -2.04. The zero-order valence-electron chi connectivity index (χ0n) is 11.6. The molecule has 21 heavy (non-hydrogen) atoms. The van der Waals surface area contributed by atoms with E-state index in [4.69, 9.17) is 10.5 Å². The second-order valence-electron chi connectivity index (χ2n) is 4.24. The van der Waals surface area contributed by atoms with Gasteiger partial charge in [0, 0.05) is 4.88 Å². The van der Waals surface area contributed by atoms with Gasteiger partial charge in [-0.15, -0.1) is 11.3 Å². The molecule has 0 bridgehead atoms. The third-order valence-corrected chi connectivity index (χ3v) is 3.90. The van der Waals surface area contributed by atoms with Crippen molar-refractivity contribution in [3.63, 3.8) is 0 Å². The van der Waals surface area contributed by atoms with E-state index in [-0.39, 0.29) is 12.5 Å². The number of amides is 1. The van der Waals surface area contributed by atoms with Crippen molar-refractivity contribution < 1.29 is 14.3 Å². The van der Waals surface area contributed by atoms with Crippen molar-refractivity contribution in [1.29, 1.82) is 0 Å². The summed E-state index contributed by atoms with van der Waals surface area (Å²) in [6, 6.07) is 11.4. The van der Waals surface area contributed by atoms with Crippen LogP contribution in [0.3, 0.4) is 0 Å². The van der Waals surface area contributed by atoms with Crippen LogP contribution in [0.4, 0.5) is 5.00 Å². The highest BCUT2D eigenvalue weighted by Gasteiger charge is 2.15. The molecular formula is C15H16N2O3S. The number of anilines is 1. The highest BCUT2D eigenvalue weighted by Crippen LogP contribution is 2.35. The molecule has 0 radical (unpaired) electrons. The largest absolute Gasteiger partial charge is 0.465 e. The lowest BCUT2D eigenvalue weighted by Crippen LogP contribution is -2.18. The van der Waals surface area contributed by atoms with Crippen molar-refractivity contribution in [1.82, 2.24) is 0 Å². The second-order valence-corrected chi connectivity index (χ2v) is 5.29. The molecule has 0 aliphatic heterocycles. The Labute approximate surface area is 126 Å². The van der Waals surface area contributed by atoms with Gasteiger partial charge < -0.3 is 15.8 Å². The molecule has 0 saturated heterocycles. The van der Waals surface area contributed by atoms with Gasteiger partial charge in [0.2, 0.25) is 0 Å². The molecule has 3 N–H and O–H groups in total. The standard InChI is InChI=1S/C15H16N2O3S/c1-2-20-13(18)9-17-15-11(14(16)19)8-12(21-15)10-6-4-3-5-7-10/h3-8,17H,2,9H2,1H3,(H2,16,19). The van der Waals surface area contributed by atoms with Gasteiger partial charge in [0.05, 0.1) is 12.2 Å². The Balaban J connectivity index is 2.22. The lowest BCUT2D eigenvalue weighted by atomic mass is 10.1. The van der Waals surface area contributed by atoms with Gasteiger partial charge in [-0.2, -0.15) is 0 Å². The predicted octanol–water partition coefficient (Wildman–Crippen LogP) is 2.49. The summed E-state index contributed by atoms with van der Waals surface area (Å²) in [6.07, 6.45) is 0. The maximum atomic E-state index is 11.5. The van der Waals surface area contributed by atoms with Crippen molar-refractivity contribution in [2.45, 2.75) is 6.92 Å². The minimum Gasteiger partial charge on any atom is -0.465 e. The topological polar surface area (TPSA) is 81.4 Å². The number of nitrogens with two attached hydrogens (primary N) is 1. The Morgan fingerprint density at radius 1 is 1.29 bits per heavy atom. The average Bonchev–Trinajstić information content (AvgIpc) is 2.91. The summed E-state index contributed by atoms with van der Waals surface area (Å²) in [4.78, 5) is 23.8. The van der Waals surface area contributed by atoms with Gasteiger partial charge in [-0.05, 0) is 18.6 Å². The van der Waals surface area contributed by atoms with Crippen molar-refractivity contribution in [3.05, 3.63) is 42.0 Å². The number of rotatable bonds is 6. The van der Waals surface area contributed by atoms with Gasteiger partial charge in [-0.3, -0.25) is 9.59 Å². The van der Waals surface area contributed by atoms with E-state index in [9.17, 15) is 9.59 Å². The van der Waals surface area contributed by atoms with Crippen LogP contribution in [0.25, 0.3) is 10.4 Å². The molecule has 2 aromatic rings. The van der Waals surface area contributed by atoms with Crippen LogP contribution in [0.15, 0.2) is 36.4 Å². The van der Waals surface area contributed by atoms with Crippen LogP contribution in [0.5, 0.6) is 0 Å². The Morgan fingerprint density at radius 3 is 2.62 bits per heavy atom. The third-order valence-electron chi connectivity index (χ3n) is 2.75. The molecule has 0 unspecified atom stereocenters. The summed E-state index contributed by atoms with van der Waals surface area (Å²) in [6.45, 7) is 2.07. The van der Waals surface area contributed by atoms with E-state index >= 15 is 0 Å². The van der Waals surface area contributed by atoms with Crippen LogP contribution in [0, 0.1) is 0 Å². The van der Waals surface area contributed by atoms with E-state index in [0.29, 0.717) is 17.2 Å². The van der Waals surface area contributed by atoms with E-state index in [2.05, 4.69) is 5.32 Å². The Bertz CT molecular complexity index is 638. The number of carbonyl (C=O) groups excluding carboxylic acids is 2. The van der Waals surface area contributed by atoms with Crippen LogP contribution in [0.1, 0.15) is 17.3 Å². The maximum absolute atomic E-state index is 11.5. The normalized spacial score (nSPS) is 10.1. The predicted molar refractivity (Wildman–Crippen MR) is 83.4 cm³/mol. The van der Waals surface area contributed by atoms with Crippen LogP contribution < -0.4 is 11.1 Å². The molecule has 5 nitrogen and oxygen atoms in total. The summed E-state index contributed by atoms with van der Waals surface area (Å²) in [5.41, 5.74) is 6.76. The van der Waals surface area contributed by atoms with Crippen molar-refractivity contribution in [2.75, 3.05) is 18.5 Å². The molecule has 0 saturated carbocycles. The summed E-state index contributed by atoms with van der Waals surface area (Å²) in [5, 5.41) is 3.49. The molecule has 0 fully saturated rings. The number of nitrogens with one attached hydrogen (secondary N) is 1. The lowest BCUT2D eigenvalue weighted by molar-refractivity contribution is -0.140. The molecule has 110 valence electrons. The number of hydrogen-bond donors (Lipinski definition) is 2. The molecule has 1 aromatic carbocycles. The Morgan fingerprint density at radius 2 is 2.00 bits per heavy atom. The minimum absolute atomic E-state index is 0.00284. The number of thiophene rings is 1. The summed E-state index contributed by atoms with van der Waals surface area (Å²) in [7, 11) is 0. The Hall–Kier alpha value is -2.34. The van der Waals surface area contributed by atoms with Crippen LogP contribution in [0.2, 0.25) is 0 Å². The molecule has 0 spiro atoms. The molecule has 1 amide bonds. The fourth-order valence-electron chi connectivity index (χ4n) is 1.81. The van der Waals surface area contributed by atoms with Gasteiger partial charge >= 0.3 is 5.97 Å². The first-order valence-electron chi connectivity index (χ1n) is 6.50. The first-order valence-corrected chi connectivity index (χ1v) is 7.32. The Kier molecular flexibility index (Phi) is 4.94. The number of ether oxygens (including phenoxy) is 1. The summed E-state index contributed by atoms with van der Waals surface area (Å²) < 4.78 is 4.84. The summed E-state index contributed by atoms with van der Waals surface area (Å²) in [5.74, 6) is -0.901. The van der Waals surface area contributed by atoms with Gasteiger partial charge in [0.25, 0.3) is 5.91 Å². The molecule has 2 rings (SSSR count). The minimum atomic E-state index is -0.528. The molecule has 1 heterocycles. The molecule has 0 aliphatic rings. The molecular weight excluding hydrogens is 288 g/mol. The molecule has 6 heteroatoms. The smallest absolute Gasteiger partial charge is 0.325 e. The summed E-state index contributed by atoms with van der Waals surface area (Å²) >= 11 is 1.38. The van der Waals surface area contributed by atoms with E-state index in [1.807, 2.05) is 30.3 Å². The van der Waals surface area contributed by atoms with E-state index in [1.54, 1.807) is 13.0 Å². The van der Waals surface area contributed by atoms with Crippen LogP contribution >= 0.6 is 11.3 Å². The molecule has 0 aliphatic carbocycles. The monoisotopic (exact) mass is 304 g/mol. The number of hydrogen-bond acceptors (Lipinski definition) is 5. The maximum Gasteiger partial charge on any atom is 0.325 e.